The van der Waals surface area contributed by atoms with Crippen molar-refractivity contribution in [2.24, 2.45) is 0 Å². The fraction of sp³-hybridized carbons (Fsp3) is 0.182. The van der Waals surface area contributed by atoms with Crippen LogP contribution in [0.1, 0.15) is 28.6 Å². The third-order valence-corrected chi connectivity index (χ3v) is 5.33. The summed E-state index contributed by atoms with van der Waals surface area (Å²) in [6.45, 7) is 0. The van der Waals surface area contributed by atoms with E-state index >= 15 is 0 Å². The second-order valence-corrected chi connectivity index (χ2v) is 7.46. The first-order valence-electron chi connectivity index (χ1n) is 8.98. The van der Waals surface area contributed by atoms with Gasteiger partial charge in [-0.25, -0.2) is 4.98 Å². The molecule has 1 aromatic heterocycles. The van der Waals surface area contributed by atoms with Crippen molar-refractivity contribution in [3.05, 3.63) is 78.1 Å². The molecule has 0 spiro atoms. The summed E-state index contributed by atoms with van der Waals surface area (Å²) in [5.41, 5.74) is 2.60. The number of carbonyl (C=O) groups is 1. The van der Waals surface area contributed by atoms with Crippen molar-refractivity contribution in [3.8, 4) is 0 Å². The summed E-state index contributed by atoms with van der Waals surface area (Å²) < 4.78 is 0. The van der Waals surface area contributed by atoms with Crippen molar-refractivity contribution in [2.45, 2.75) is 12.5 Å². The van der Waals surface area contributed by atoms with Gasteiger partial charge in [-0.15, -0.1) is 0 Å². The first-order chi connectivity index (χ1) is 13.3. The van der Waals surface area contributed by atoms with E-state index in [2.05, 4.69) is 16.6 Å². The number of benzene rings is 3. The van der Waals surface area contributed by atoms with Crippen molar-refractivity contribution < 1.29 is 4.79 Å². The van der Waals surface area contributed by atoms with E-state index in [1.165, 1.54) is 0 Å². The van der Waals surface area contributed by atoms with E-state index in [0.717, 1.165) is 39.8 Å². The lowest BCUT2D eigenvalue weighted by molar-refractivity contribution is 0.0936. The molecule has 0 radical (unpaired) electrons. The number of hydrogen-bond donors (Lipinski definition) is 2. The van der Waals surface area contributed by atoms with Gasteiger partial charge in [0, 0.05) is 5.56 Å². The Labute approximate surface area is 162 Å². The maximum Gasteiger partial charge on any atom is 0.252 e. The van der Waals surface area contributed by atoms with E-state index in [0.29, 0.717) is 5.56 Å². The van der Waals surface area contributed by atoms with Crippen LogP contribution < -0.4 is 5.32 Å². The minimum absolute atomic E-state index is 0.0710. The number of H-pyrrole nitrogens is 1. The summed E-state index contributed by atoms with van der Waals surface area (Å²) in [6.07, 6.45) is 2.89. The molecule has 0 aliphatic carbocycles. The number of nitrogens with one attached hydrogen (secondary N) is 2. The molecular formula is C22H21N3OS. The largest absolute Gasteiger partial charge is 0.342 e. The standard InChI is InChI=1S/C22H21N3OS/c1-27-14-13-20(21-23-18-11-4-5-12-19(18)24-21)25-22(26)17-10-6-8-15-7-2-3-9-16(15)17/h2-12,20H,13-14H2,1H3,(H,23,24)(H,25,26)/t20-/m0/s1. The summed E-state index contributed by atoms with van der Waals surface area (Å²) in [5.74, 6) is 1.68. The van der Waals surface area contributed by atoms with Gasteiger partial charge in [-0.05, 0) is 47.4 Å². The van der Waals surface area contributed by atoms with Crippen LogP contribution in [0.4, 0.5) is 0 Å². The normalized spacial score (nSPS) is 12.3. The van der Waals surface area contributed by atoms with Crippen molar-refractivity contribution in [3.63, 3.8) is 0 Å². The Bertz CT molecular complexity index is 1050. The fourth-order valence-corrected chi connectivity index (χ4v) is 3.78. The minimum atomic E-state index is -0.156. The molecule has 0 unspecified atom stereocenters. The number of amides is 1. The van der Waals surface area contributed by atoms with Crippen LogP contribution in [-0.4, -0.2) is 27.9 Å². The van der Waals surface area contributed by atoms with Crippen molar-refractivity contribution in [1.29, 1.82) is 0 Å². The van der Waals surface area contributed by atoms with Gasteiger partial charge in [0.05, 0.1) is 17.1 Å². The van der Waals surface area contributed by atoms with E-state index in [9.17, 15) is 4.79 Å². The molecule has 2 N–H and O–H groups in total. The van der Waals surface area contributed by atoms with Crippen LogP contribution in [0.25, 0.3) is 21.8 Å². The third kappa shape index (κ3) is 3.69. The molecule has 0 aliphatic rings. The number of rotatable bonds is 6. The zero-order chi connectivity index (χ0) is 18.6. The predicted molar refractivity (Wildman–Crippen MR) is 113 cm³/mol. The number of nitrogens with zero attached hydrogens (tertiary/aromatic N) is 1. The Morgan fingerprint density at radius 2 is 1.85 bits per heavy atom. The summed E-state index contributed by atoms with van der Waals surface area (Å²) in [5, 5.41) is 5.22. The Hall–Kier alpha value is -2.79. The second kappa shape index (κ2) is 7.84. The Morgan fingerprint density at radius 3 is 2.70 bits per heavy atom. The molecule has 136 valence electrons. The van der Waals surface area contributed by atoms with Gasteiger partial charge in [-0.3, -0.25) is 4.79 Å². The molecule has 4 aromatic rings. The lowest BCUT2D eigenvalue weighted by Gasteiger charge is -2.17. The molecule has 3 aromatic carbocycles. The van der Waals surface area contributed by atoms with Crippen molar-refractivity contribution in [1.82, 2.24) is 15.3 Å². The van der Waals surface area contributed by atoms with Gasteiger partial charge in [-0.2, -0.15) is 11.8 Å². The predicted octanol–water partition coefficient (Wildman–Crippen LogP) is 4.94. The van der Waals surface area contributed by atoms with Gasteiger partial charge in [0.2, 0.25) is 0 Å². The van der Waals surface area contributed by atoms with Gasteiger partial charge < -0.3 is 10.3 Å². The average Bonchev–Trinajstić information content (AvgIpc) is 3.14. The number of fused-ring (bicyclic) bond motifs is 2. The number of imidazole rings is 1. The van der Waals surface area contributed by atoms with E-state index < -0.39 is 0 Å². The number of para-hydroxylation sites is 2. The molecule has 27 heavy (non-hydrogen) atoms. The van der Waals surface area contributed by atoms with Crippen LogP contribution >= 0.6 is 11.8 Å². The smallest absolute Gasteiger partial charge is 0.252 e. The van der Waals surface area contributed by atoms with Crippen LogP contribution in [0.2, 0.25) is 0 Å². The molecule has 1 atom stereocenters. The van der Waals surface area contributed by atoms with E-state index in [-0.39, 0.29) is 11.9 Å². The zero-order valence-electron chi connectivity index (χ0n) is 15.1. The van der Waals surface area contributed by atoms with E-state index in [1.54, 1.807) is 11.8 Å². The molecule has 0 aliphatic heterocycles. The Balaban J connectivity index is 1.65. The van der Waals surface area contributed by atoms with Crippen LogP contribution in [0.3, 0.4) is 0 Å². The Kier molecular flexibility index (Phi) is 5.12. The van der Waals surface area contributed by atoms with Crippen LogP contribution in [0.5, 0.6) is 0 Å². The van der Waals surface area contributed by atoms with Crippen LogP contribution in [-0.2, 0) is 0 Å². The van der Waals surface area contributed by atoms with E-state index in [4.69, 9.17) is 4.98 Å². The SMILES string of the molecule is CSCC[C@H](NC(=O)c1cccc2ccccc12)c1nc2ccccc2[nH]1. The summed E-state index contributed by atoms with van der Waals surface area (Å²) in [7, 11) is 0. The molecule has 0 fully saturated rings. The van der Waals surface area contributed by atoms with Crippen molar-refractivity contribution >= 4 is 39.5 Å². The summed E-state index contributed by atoms with van der Waals surface area (Å²) >= 11 is 1.76. The average molecular weight is 375 g/mol. The number of carbonyl (C=O) groups excluding carboxylic acids is 1. The van der Waals surface area contributed by atoms with Gasteiger partial charge >= 0.3 is 0 Å². The maximum atomic E-state index is 13.1. The molecule has 4 nitrogen and oxygen atoms in total. The molecule has 4 rings (SSSR count). The minimum Gasteiger partial charge on any atom is -0.342 e. The number of thioether (sulfide) groups is 1. The molecule has 1 amide bonds. The molecular weight excluding hydrogens is 354 g/mol. The highest BCUT2D eigenvalue weighted by Crippen LogP contribution is 2.23. The van der Waals surface area contributed by atoms with Gasteiger partial charge in [0.15, 0.2) is 0 Å². The monoisotopic (exact) mass is 375 g/mol. The van der Waals surface area contributed by atoms with Gasteiger partial charge in [0.1, 0.15) is 5.82 Å². The number of hydrogen-bond acceptors (Lipinski definition) is 3. The first-order valence-corrected chi connectivity index (χ1v) is 10.4. The lowest BCUT2D eigenvalue weighted by atomic mass is 10.0. The van der Waals surface area contributed by atoms with Gasteiger partial charge in [0.25, 0.3) is 5.91 Å². The molecule has 5 heteroatoms. The second-order valence-electron chi connectivity index (χ2n) is 6.47. The first kappa shape index (κ1) is 17.6. The molecule has 0 saturated carbocycles. The lowest BCUT2D eigenvalue weighted by Crippen LogP contribution is -2.30. The highest BCUT2D eigenvalue weighted by Gasteiger charge is 2.20. The fourth-order valence-electron chi connectivity index (χ4n) is 3.31. The number of aromatic amines is 1. The molecule has 0 bridgehead atoms. The quantitative estimate of drug-likeness (QED) is 0.502. The Morgan fingerprint density at radius 1 is 1.07 bits per heavy atom. The van der Waals surface area contributed by atoms with E-state index in [1.807, 2.05) is 66.7 Å². The maximum absolute atomic E-state index is 13.1. The number of aromatic nitrogens is 2. The van der Waals surface area contributed by atoms with Crippen LogP contribution in [0.15, 0.2) is 66.7 Å². The third-order valence-electron chi connectivity index (χ3n) is 4.69. The zero-order valence-corrected chi connectivity index (χ0v) is 15.9. The molecule has 1 heterocycles. The molecule has 0 saturated heterocycles. The van der Waals surface area contributed by atoms with Crippen LogP contribution in [0, 0.1) is 0 Å². The summed E-state index contributed by atoms with van der Waals surface area (Å²) in [4.78, 5) is 21.1. The highest BCUT2D eigenvalue weighted by molar-refractivity contribution is 7.98. The highest BCUT2D eigenvalue weighted by atomic mass is 32.2. The summed E-state index contributed by atoms with van der Waals surface area (Å²) in [6, 6.07) is 21.6. The van der Waals surface area contributed by atoms with Gasteiger partial charge in [-0.1, -0.05) is 48.5 Å². The van der Waals surface area contributed by atoms with Crippen molar-refractivity contribution in [2.75, 3.05) is 12.0 Å². The topological polar surface area (TPSA) is 57.8 Å².